The van der Waals surface area contributed by atoms with Gasteiger partial charge in [0.1, 0.15) is 35.9 Å². The van der Waals surface area contributed by atoms with Gasteiger partial charge in [0.25, 0.3) is 0 Å². The van der Waals surface area contributed by atoms with E-state index in [0.717, 1.165) is 16.9 Å². The highest BCUT2D eigenvalue weighted by atomic mass is 32.1. The van der Waals surface area contributed by atoms with Crippen LogP contribution in [-0.2, 0) is 17.6 Å². The highest BCUT2D eigenvalue weighted by molar-refractivity contribution is 7.10. The van der Waals surface area contributed by atoms with Gasteiger partial charge >= 0.3 is 0 Å². The second kappa shape index (κ2) is 8.34. The van der Waals surface area contributed by atoms with E-state index in [1.54, 1.807) is 18.2 Å². The number of aryl methyl sites for hydroxylation is 2. The summed E-state index contributed by atoms with van der Waals surface area (Å²) in [5, 5.41) is 50.2. The molecule has 2 heterocycles. The maximum absolute atomic E-state index is 10.1. The number of ether oxygens (including phenoxy) is 2. The van der Waals surface area contributed by atoms with Crippen LogP contribution in [0.3, 0.4) is 0 Å². The molecule has 0 radical (unpaired) electrons. The number of hydrogen-bond donors (Lipinski definition) is 5. The number of aliphatic hydroxyl groups excluding tert-OH is 4. The summed E-state index contributed by atoms with van der Waals surface area (Å²) in [4.78, 5) is 0.940. The second-order valence-corrected chi connectivity index (χ2v) is 7.19. The van der Waals surface area contributed by atoms with Crippen molar-refractivity contribution in [2.24, 2.45) is 0 Å². The molecule has 1 aromatic carbocycles. The van der Waals surface area contributed by atoms with E-state index in [9.17, 15) is 25.5 Å². The van der Waals surface area contributed by atoms with Gasteiger partial charge in [0.15, 0.2) is 0 Å². The van der Waals surface area contributed by atoms with Crippen LogP contribution in [0.4, 0.5) is 0 Å². The van der Waals surface area contributed by atoms with Crippen molar-refractivity contribution < 1.29 is 35.0 Å². The molecule has 5 N–H and O–H groups in total. The third-order valence-electron chi connectivity index (χ3n) is 4.37. The fourth-order valence-corrected chi connectivity index (χ4v) is 3.63. The zero-order valence-corrected chi connectivity index (χ0v) is 14.7. The van der Waals surface area contributed by atoms with Crippen molar-refractivity contribution in [3.05, 3.63) is 46.2 Å². The van der Waals surface area contributed by atoms with Gasteiger partial charge in [-0.2, -0.15) is 0 Å². The lowest BCUT2D eigenvalue weighted by atomic mass is 9.99. The van der Waals surface area contributed by atoms with Gasteiger partial charge < -0.3 is 35.0 Å². The number of thiophene rings is 1. The van der Waals surface area contributed by atoms with E-state index in [1.807, 2.05) is 17.5 Å². The zero-order chi connectivity index (χ0) is 18.7. The van der Waals surface area contributed by atoms with Crippen LogP contribution >= 0.6 is 11.3 Å². The molecule has 1 saturated heterocycles. The first-order chi connectivity index (χ1) is 12.5. The maximum Gasteiger partial charge on any atom is 0.229 e. The van der Waals surface area contributed by atoms with Crippen molar-refractivity contribution in [1.29, 1.82) is 0 Å². The summed E-state index contributed by atoms with van der Waals surface area (Å²) in [6.45, 7) is -0.498. The normalized spacial score (nSPS) is 28.8. The minimum atomic E-state index is -1.47. The van der Waals surface area contributed by atoms with Gasteiger partial charge in [-0.05, 0) is 42.0 Å². The molecule has 2 aromatic rings. The average Bonchev–Trinajstić information content (AvgIpc) is 3.09. The summed E-state index contributed by atoms with van der Waals surface area (Å²) in [5.74, 6) is 0.745. The van der Waals surface area contributed by atoms with E-state index >= 15 is 0 Å². The lowest BCUT2D eigenvalue weighted by Gasteiger charge is -2.39. The fraction of sp³-hybridized carbons (Fsp3) is 0.444. The Kier molecular flexibility index (Phi) is 6.13. The first-order valence-electron chi connectivity index (χ1n) is 8.31. The zero-order valence-electron chi connectivity index (χ0n) is 13.9. The highest BCUT2D eigenvalue weighted by Gasteiger charge is 2.44. The SMILES string of the molecule is OC[C@H]1O[C@@H](Oc2ccsc2CCc2ccc(O)cc2)[C@H](O)[C@@H](O)[C@@H]1O. The molecular formula is C18H22O7S. The van der Waals surface area contributed by atoms with Crippen LogP contribution in [0.1, 0.15) is 10.4 Å². The molecule has 26 heavy (non-hydrogen) atoms. The van der Waals surface area contributed by atoms with Crippen LogP contribution < -0.4 is 4.74 Å². The van der Waals surface area contributed by atoms with E-state index in [0.29, 0.717) is 12.2 Å². The number of phenolic OH excluding ortho intramolecular Hbond substituents is 1. The molecule has 7 nitrogen and oxygen atoms in total. The van der Waals surface area contributed by atoms with Crippen LogP contribution in [0.2, 0.25) is 0 Å². The van der Waals surface area contributed by atoms with Crippen molar-refractivity contribution in [3.8, 4) is 11.5 Å². The summed E-state index contributed by atoms with van der Waals surface area (Å²) in [6, 6.07) is 8.71. The third kappa shape index (κ3) is 4.17. The van der Waals surface area contributed by atoms with Gasteiger partial charge in [0, 0.05) is 4.88 Å². The molecule has 0 saturated carbocycles. The number of aliphatic hydroxyl groups is 4. The number of rotatable bonds is 6. The molecule has 3 rings (SSSR count). The van der Waals surface area contributed by atoms with Crippen molar-refractivity contribution in [1.82, 2.24) is 0 Å². The van der Waals surface area contributed by atoms with E-state index in [2.05, 4.69) is 0 Å². The van der Waals surface area contributed by atoms with Gasteiger partial charge in [0.05, 0.1) is 6.61 Å². The Labute approximate surface area is 154 Å². The summed E-state index contributed by atoms with van der Waals surface area (Å²) in [6.07, 6.45) is -5.07. The number of benzene rings is 1. The predicted molar refractivity (Wildman–Crippen MR) is 94.2 cm³/mol. The van der Waals surface area contributed by atoms with Gasteiger partial charge in [-0.15, -0.1) is 11.3 Å². The topological polar surface area (TPSA) is 120 Å². The second-order valence-electron chi connectivity index (χ2n) is 6.19. The highest BCUT2D eigenvalue weighted by Crippen LogP contribution is 2.30. The van der Waals surface area contributed by atoms with Crippen LogP contribution in [-0.4, -0.2) is 62.8 Å². The minimum absolute atomic E-state index is 0.219. The predicted octanol–water partition coefficient (Wildman–Crippen LogP) is 0.418. The van der Waals surface area contributed by atoms with E-state index in [4.69, 9.17) is 9.47 Å². The van der Waals surface area contributed by atoms with Crippen LogP contribution in [0, 0.1) is 0 Å². The summed E-state index contributed by atoms with van der Waals surface area (Å²) in [7, 11) is 0. The molecule has 1 fully saturated rings. The Morgan fingerprint density at radius 2 is 1.69 bits per heavy atom. The molecule has 5 atom stereocenters. The molecule has 0 bridgehead atoms. The first kappa shape index (κ1) is 19.1. The van der Waals surface area contributed by atoms with Crippen molar-refractivity contribution in [2.75, 3.05) is 6.61 Å². The molecule has 0 spiro atoms. The summed E-state index contributed by atoms with van der Waals surface area (Å²) in [5.41, 5.74) is 1.06. The van der Waals surface area contributed by atoms with E-state index in [-0.39, 0.29) is 5.75 Å². The van der Waals surface area contributed by atoms with Gasteiger partial charge in [-0.25, -0.2) is 0 Å². The minimum Gasteiger partial charge on any atom is -0.508 e. The molecule has 142 valence electrons. The lowest BCUT2D eigenvalue weighted by Crippen LogP contribution is -2.60. The first-order valence-corrected chi connectivity index (χ1v) is 9.19. The average molecular weight is 382 g/mol. The number of aromatic hydroxyl groups is 1. The number of hydrogen-bond acceptors (Lipinski definition) is 8. The lowest BCUT2D eigenvalue weighted by molar-refractivity contribution is -0.277. The molecule has 0 unspecified atom stereocenters. The molecule has 8 heteroatoms. The fourth-order valence-electron chi connectivity index (χ4n) is 2.83. The van der Waals surface area contributed by atoms with Crippen LogP contribution in [0.25, 0.3) is 0 Å². The Balaban J connectivity index is 1.65. The molecule has 0 amide bonds. The van der Waals surface area contributed by atoms with Crippen molar-refractivity contribution >= 4 is 11.3 Å². The Hall–Kier alpha value is -1.68. The Bertz CT molecular complexity index is 700. The Morgan fingerprint density at radius 3 is 2.38 bits per heavy atom. The van der Waals surface area contributed by atoms with E-state index in [1.165, 1.54) is 11.3 Å². The molecule has 1 aliphatic heterocycles. The van der Waals surface area contributed by atoms with E-state index < -0.39 is 37.3 Å². The number of phenols is 1. The largest absolute Gasteiger partial charge is 0.508 e. The maximum atomic E-state index is 10.1. The molecule has 1 aromatic heterocycles. The molecule has 0 aliphatic carbocycles. The third-order valence-corrected chi connectivity index (χ3v) is 5.34. The standard InChI is InChI=1S/C18H22O7S/c19-9-13-15(21)16(22)17(23)18(25-13)24-12-7-8-26-14(12)6-3-10-1-4-11(20)5-2-10/h1-2,4-5,7-8,13,15-23H,3,6,9H2/t13-,15-,16+,17-,18-/m1/s1. The quantitative estimate of drug-likeness (QED) is 0.491. The molecular weight excluding hydrogens is 360 g/mol. The van der Waals surface area contributed by atoms with Crippen LogP contribution in [0.5, 0.6) is 11.5 Å². The van der Waals surface area contributed by atoms with Crippen molar-refractivity contribution in [3.63, 3.8) is 0 Å². The smallest absolute Gasteiger partial charge is 0.229 e. The summed E-state index contributed by atoms with van der Waals surface area (Å²) < 4.78 is 11.1. The van der Waals surface area contributed by atoms with Gasteiger partial charge in [-0.1, -0.05) is 12.1 Å². The van der Waals surface area contributed by atoms with Gasteiger partial charge in [-0.3, -0.25) is 0 Å². The monoisotopic (exact) mass is 382 g/mol. The Morgan fingerprint density at radius 1 is 0.962 bits per heavy atom. The molecule has 1 aliphatic rings. The van der Waals surface area contributed by atoms with Crippen molar-refractivity contribution in [2.45, 2.75) is 43.5 Å². The van der Waals surface area contributed by atoms with Gasteiger partial charge in [0.2, 0.25) is 6.29 Å². The van der Waals surface area contributed by atoms with Crippen LogP contribution in [0.15, 0.2) is 35.7 Å². The summed E-state index contributed by atoms with van der Waals surface area (Å²) >= 11 is 1.50.